The Labute approximate surface area is 165 Å². The van der Waals surface area contributed by atoms with Gasteiger partial charge >= 0.3 is 0 Å². The summed E-state index contributed by atoms with van der Waals surface area (Å²) in [6, 6.07) is 0. The van der Waals surface area contributed by atoms with Crippen LogP contribution >= 0.6 is 0 Å². The van der Waals surface area contributed by atoms with E-state index in [1.54, 1.807) is 12.2 Å². The van der Waals surface area contributed by atoms with Crippen LogP contribution < -0.4 is 0 Å². The van der Waals surface area contributed by atoms with Crippen LogP contribution in [0.2, 0.25) is 0 Å². The zero-order chi connectivity index (χ0) is 19.3. The quantitative estimate of drug-likeness (QED) is 0.278. The van der Waals surface area contributed by atoms with Gasteiger partial charge in [-0.1, -0.05) is 31.1 Å². The second-order valence-corrected chi connectivity index (χ2v) is 7.91. The molecule has 154 valence electrons. The Morgan fingerprint density at radius 3 is 2.96 bits per heavy atom. The molecular weight excluding hydrogens is 338 g/mol. The SMILES string of the molecule is CON(C)CC[C@@H](O)CCC[C@H]1CCC[C@@H]1/C=C/CCOC1=CCCC=C1. The number of ether oxygens (including phenoxy) is 1. The number of allylic oxidation sites excluding steroid dienone is 4. The molecule has 0 aromatic heterocycles. The highest BCUT2D eigenvalue weighted by Crippen LogP contribution is 2.36. The molecule has 1 saturated carbocycles. The monoisotopic (exact) mass is 377 g/mol. The Hall–Kier alpha value is -1.10. The van der Waals surface area contributed by atoms with Gasteiger partial charge in [0.05, 0.1) is 19.8 Å². The molecule has 27 heavy (non-hydrogen) atoms. The predicted molar refractivity (Wildman–Crippen MR) is 111 cm³/mol. The minimum Gasteiger partial charge on any atom is -0.494 e. The van der Waals surface area contributed by atoms with Crippen molar-refractivity contribution >= 4 is 0 Å². The summed E-state index contributed by atoms with van der Waals surface area (Å²) in [7, 11) is 3.56. The zero-order valence-electron chi connectivity index (χ0n) is 17.3. The van der Waals surface area contributed by atoms with Gasteiger partial charge in [0.1, 0.15) is 5.76 Å². The van der Waals surface area contributed by atoms with Gasteiger partial charge in [-0.15, -0.1) is 0 Å². The molecule has 2 aliphatic rings. The van der Waals surface area contributed by atoms with Crippen molar-refractivity contribution in [1.29, 1.82) is 0 Å². The molecule has 0 spiro atoms. The smallest absolute Gasteiger partial charge is 0.115 e. The summed E-state index contributed by atoms with van der Waals surface area (Å²) in [5.74, 6) is 2.54. The highest BCUT2D eigenvalue weighted by Gasteiger charge is 2.24. The molecule has 0 aromatic carbocycles. The van der Waals surface area contributed by atoms with Crippen molar-refractivity contribution in [3.8, 4) is 0 Å². The molecule has 0 unspecified atom stereocenters. The van der Waals surface area contributed by atoms with Crippen LogP contribution in [0.5, 0.6) is 0 Å². The lowest BCUT2D eigenvalue weighted by molar-refractivity contribution is -0.114. The first-order chi connectivity index (χ1) is 13.2. The average molecular weight is 378 g/mol. The lowest BCUT2D eigenvalue weighted by atomic mass is 9.90. The Bertz CT molecular complexity index is 486. The second-order valence-electron chi connectivity index (χ2n) is 7.91. The highest BCUT2D eigenvalue weighted by atomic mass is 16.7. The van der Waals surface area contributed by atoms with Gasteiger partial charge in [-0.3, -0.25) is 0 Å². The third-order valence-corrected chi connectivity index (χ3v) is 5.82. The number of hydrogen-bond donors (Lipinski definition) is 1. The van der Waals surface area contributed by atoms with Gasteiger partial charge in [-0.2, -0.15) is 5.06 Å². The highest BCUT2D eigenvalue weighted by molar-refractivity contribution is 5.15. The van der Waals surface area contributed by atoms with Crippen LogP contribution in [0.3, 0.4) is 0 Å². The van der Waals surface area contributed by atoms with E-state index in [4.69, 9.17) is 9.57 Å². The molecular formula is C23H39NO3. The average Bonchev–Trinajstić information content (AvgIpc) is 3.14. The Kier molecular flexibility index (Phi) is 10.8. The Balaban J connectivity index is 1.57. The van der Waals surface area contributed by atoms with Crippen LogP contribution in [0.25, 0.3) is 0 Å². The third-order valence-electron chi connectivity index (χ3n) is 5.82. The van der Waals surface area contributed by atoms with E-state index in [9.17, 15) is 5.11 Å². The van der Waals surface area contributed by atoms with Gasteiger partial charge in [0.2, 0.25) is 0 Å². The molecule has 0 bridgehead atoms. The minimum atomic E-state index is -0.210. The van der Waals surface area contributed by atoms with Crippen LogP contribution in [0.1, 0.15) is 64.2 Å². The van der Waals surface area contributed by atoms with E-state index < -0.39 is 0 Å². The van der Waals surface area contributed by atoms with Gasteiger partial charge < -0.3 is 14.7 Å². The van der Waals surface area contributed by atoms with Gasteiger partial charge in [-0.05, 0) is 75.4 Å². The molecule has 2 aliphatic carbocycles. The van der Waals surface area contributed by atoms with Crippen molar-refractivity contribution in [3.63, 3.8) is 0 Å². The molecule has 2 rings (SSSR count). The molecule has 0 radical (unpaired) electrons. The first-order valence-corrected chi connectivity index (χ1v) is 10.8. The van der Waals surface area contributed by atoms with E-state index in [0.29, 0.717) is 0 Å². The Morgan fingerprint density at radius 1 is 1.30 bits per heavy atom. The van der Waals surface area contributed by atoms with Crippen LogP contribution in [0, 0.1) is 11.8 Å². The zero-order valence-corrected chi connectivity index (χ0v) is 17.3. The molecule has 4 nitrogen and oxygen atoms in total. The Morgan fingerprint density at radius 2 is 2.19 bits per heavy atom. The van der Waals surface area contributed by atoms with E-state index in [1.807, 2.05) is 7.05 Å². The summed E-state index contributed by atoms with van der Waals surface area (Å²) < 4.78 is 5.80. The standard InChI is InChI=1S/C23H39NO3/c1-24(26-2)18-17-22(25)14-9-13-21-12-8-11-20(21)10-6-7-19-27-23-15-4-3-5-16-23/h4,6,10,15-16,20-22,25H,3,5,7-9,11-14,17-19H2,1-2H3/b10-6+/t20-,21+,22-/m0/s1. The molecule has 1 fully saturated rings. The first kappa shape index (κ1) is 22.2. The molecule has 0 amide bonds. The second kappa shape index (κ2) is 13.1. The van der Waals surface area contributed by atoms with Crippen LogP contribution in [-0.4, -0.2) is 43.6 Å². The van der Waals surface area contributed by atoms with Gasteiger partial charge in [0.15, 0.2) is 0 Å². The predicted octanol–water partition coefficient (Wildman–Crippen LogP) is 5.01. The van der Waals surface area contributed by atoms with E-state index >= 15 is 0 Å². The summed E-state index contributed by atoms with van der Waals surface area (Å²) in [6.45, 7) is 1.55. The van der Waals surface area contributed by atoms with Crippen molar-refractivity contribution in [2.75, 3.05) is 27.3 Å². The molecule has 0 aromatic rings. The van der Waals surface area contributed by atoms with Crippen molar-refractivity contribution < 1.29 is 14.7 Å². The topological polar surface area (TPSA) is 41.9 Å². The molecule has 0 aliphatic heterocycles. The molecule has 0 saturated heterocycles. The molecule has 4 heteroatoms. The maximum Gasteiger partial charge on any atom is 0.115 e. The number of hydroxylamine groups is 2. The van der Waals surface area contributed by atoms with Crippen molar-refractivity contribution in [2.45, 2.75) is 70.3 Å². The summed E-state index contributed by atoms with van der Waals surface area (Å²) >= 11 is 0. The van der Waals surface area contributed by atoms with Gasteiger partial charge in [0.25, 0.3) is 0 Å². The van der Waals surface area contributed by atoms with Gasteiger partial charge in [-0.25, -0.2) is 0 Å². The van der Waals surface area contributed by atoms with Crippen LogP contribution in [0.15, 0.2) is 36.1 Å². The first-order valence-electron chi connectivity index (χ1n) is 10.8. The summed E-state index contributed by atoms with van der Waals surface area (Å²) in [6.07, 6.45) is 22.2. The normalized spacial score (nSPS) is 23.9. The van der Waals surface area contributed by atoms with Crippen LogP contribution in [0.4, 0.5) is 0 Å². The largest absolute Gasteiger partial charge is 0.494 e. The minimum absolute atomic E-state index is 0.210. The van der Waals surface area contributed by atoms with Crippen molar-refractivity contribution in [1.82, 2.24) is 5.06 Å². The van der Waals surface area contributed by atoms with E-state index in [2.05, 4.69) is 30.4 Å². The number of rotatable bonds is 13. The summed E-state index contributed by atoms with van der Waals surface area (Å²) in [4.78, 5) is 5.09. The maximum absolute atomic E-state index is 10.1. The van der Waals surface area contributed by atoms with Gasteiger partial charge in [0, 0.05) is 13.6 Å². The fourth-order valence-corrected chi connectivity index (χ4v) is 4.07. The van der Waals surface area contributed by atoms with E-state index in [0.717, 1.165) is 69.3 Å². The number of aliphatic hydroxyl groups excluding tert-OH is 1. The van der Waals surface area contributed by atoms with Crippen molar-refractivity contribution in [3.05, 3.63) is 36.1 Å². The number of nitrogens with zero attached hydrogens (tertiary/aromatic N) is 1. The molecule has 0 heterocycles. The third kappa shape index (κ3) is 9.09. The fraction of sp³-hybridized carbons (Fsp3) is 0.739. The van der Waals surface area contributed by atoms with Crippen LogP contribution in [-0.2, 0) is 9.57 Å². The lowest BCUT2D eigenvalue weighted by Gasteiger charge is -2.19. The summed E-state index contributed by atoms with van der Waals surface area (Å²) in [5.41, 5.74) is 0. The fourth-order valence-electron chi connectivity index (χ4n) is 4.07. The summed E-state index contributed by atoms with van der Waals surface area (Å²) in [5, 5.41) is 11.9. The van der Waals surface area contributed by atoms with E-state index in [-0.39, 0.29) is 6.10 Å². The maximum atomic E-state index is 10.1. The van der Waals surface area contributed by atoms with E-state index in [1.165, 1.54) is 25.7 Å². The number of aliphatic hydroxyl groups is 1. The number of hydrogen-bond acceptors (Lipinski definition) is 4. The molecule has 3 atom stereocenters. The van der Waals surface area contributed by atoms with Crippen molar-refractivity contribution in [2.24, 2.45) is 11.8 Å². The molecule has 1 N–H and O–H groups in total. The lowest BCUT2D eigenvalue weighted by Crippen LogP contribution is -2.22.